The average Bonchev–Trinajstić information content (AvgIpc) is 3.09. The van der Waals surface area contributed by atoms with E-state index in [9.17, 15) is 59.1 Å². The Hall–Kier alpha value is -4.06. The van der Waals surface area contributed by atoms with E-state index in [1.54, 1.807) is 97.1 Å². The minimum atomic E-state index is -10.7. The molecule has 0 aliphatic carbocycles. The van der Waals surface area contributed by atoms with E-state index in [0.717, 1.165) is 0 Å². The standard InChI is InChI=1S/C30H20F2N6.CHF2.2Cu.2F6P/c31-29(22-9-1-5-17-33-22,23-10-2-6-18-34-23)26-15-13-21-14-16-27(38-28(21)37-26)30(32,24-11-3-7-19-35-24)25-12-4-8-20-36-25;2-1-3;;;2*1-7(2,3,4,5)6/h1-20H;1H;;;;/q;-1;+1;+2;2*-1. The van der Waals surface area contributed by atoms with Crippen molar-refractivity contribution in [2.75, 3.05) is 0 Å². The maximum atomic E-state index is 17.1. The van der Waals surface area contributed by atoms with Gasteiger partial charge in [0.2, 0.25) is 11.3 Å². The molecule has 6 aromatic rings. The first kappa shape index (κ1) is 51.0. The smallest absolute Gasteiger partial charge is 1.00 e. The summed E-state index contributed by atoms with van der Waals surface area (Å²) in [4.78, 5) is 26.2. The zero-order valence-electron chi connectivity index (χ0n) is 27.4. The van der Waals surface area contributed by atoms with Crippen LogP contribution in [0.2, 0.25) is 0 Å². The van der Waals surface area contributed by atoms with Gasteiger partial charge in [0.1, 0.15) is 0 Å². The molecule has 0 aliphatic rings. The molecule has 26 heteroatoms. The van der Waals surface area contributed by atoms with Crippen molar-refractivity contribution < 1.29 is 102 Å². The second-order valence-corrected chi connectivity index (χ2v) is 14.4. The van der Waals surface area contributed by atoms with E-state index < -0.39 is 33.9 Å². The van der Waals surface area contributed by atoms with Crippen molar-refractivity contribution in [1.82, 2.24) is 29.9 Å². The van der Waals surface area contributed by atoms with Gasteiger partial charge in [-0.15, -0.1) is 0 Å². The molecule has 0 fully saturated rings. The van der Waals surface area contributed by atoms with Crippen molar-refractivity contribution >= 4 is 26.7 Å². The van der Waals surface area contributed by atoms with E-state index in [2.05, 4.69) is 29.9 Å². The van der Waals surface area contributed by atoms with E-state index >= 15 is 8.78 Å². The number of halogens is 16. The van der Waals surface area contributed by atoms with Gasteiger partial charge in [-0.05, 0) is 79.7 Å². The topological polar surface area (TPSA) is 77.3 Å². The van der Waals surface area contributed by atoms with Gasteiger partial charge < -0.3 is 8.78 Å². The van der Waals surface area contributed by atoms with Crippen LogP contribution in [0.4, 0.5) is 67.9 Å². The summed E-state index contributed by atoms with van der Waals surface area (Å²) in [5.41, 5.74) is -3.77. The van der Waals surface area contributed by atoms with E-state index in [4.69, 9.17) is 0 Å². The molecule has 0 amide bonds. The van der Waals surface area contributed by atoms with E-state index in [1.807, 2.05) is 0 Å². The minimum absolute atomic E-state index is 0. The summed E-state index contributed by atoms with van der Waals surface area (Å²) >= 11 is 0. The molecule has 0 saturated carbocycles. The van der Waals surface area contributed by atoms with Gasteiger partial charge in [0.05, 0.1) is 34.2 Å². The number of hydrogen-bond donors (Lipinski definition) is 0. The number of fused-ring (bicyclic) bond motifs is 1. The number of pyridine rings is 6. The maximum absolute atomic E-state index is 17.1. The summed E-state index contributed by atoms with van der Waals surface area (Å²) in [6, 6.07) is 26.5. The predicted octanol–water partition coefficient (Wildman–Crippen LogP) is 13.5. The maximum Gasteiger partial charge on any atom is 2.00 e. The molecule has 319 valence electrons. The quantitative estimate of drug-likeness (QED) is 0.0716. The number of nitrogens with zero attached hydrogens (tertiary/aromatic N) is 6. The second kappa shape index (κ2) is 17.0. The fraction of sp³-hybridized carbons (Fsp3) is 0.0645. The zero-order valence-corrected chi connectivity index (χ0v) is 31.0. The molecular weight excluding hydrogens is 949 g/mol. The van der Waals surface area contributed by atoms with Crippen LogP contribution in [0.1, 0.15) is 34.2 Å². The molecule has 1 radical (unpaired) electrons. The fourth-order valence-corrected chi connectivity index (χ4v) is 4.44. The number of aromatic nitrogens is 6. The van der Waals surface area contributed by atoms with Crippen molar-refractivity contribution in [3.63, 3.8) is 0 Å². The Morgan fingerprint density at radius 1 is 0.404 bits per heavy atom. The Morgan fingerprint density at radius 2 is 0.632 bits per heavy atom. The molecular formula is C31H21Cu2F16N6P2. The van der Waals surface area contributed by atoms with Crippen LogP contribution in [0.15, 0.2) is 122 Å². The van der Waals surface area contributed by atoms with Crippen LogP contribution in [0.25, 0.3) is 11.0 Å². The fourth-order valence-electron chi connectivity index (χ4n) is 4.44. The minimum Gasteiger partial charge on any atom is 1.00 e. The Kier molecular flexibility index (Phi) is 15.2. The zero-order chi connectivity index (χ0) is 41.5. The molecule has 0 unspecified atom stereocenters. The van der Waals surface area contributed by atoms with E-state index in [1.165, 1.54) is 24.8 Å². The van der Waals surface area contributed by atoms with Gasteiger partial charge in [-0.1, -0.05) is 24.3 Å². The molecule has 0 bridgehead atoms. The van der Waals surface area contributed by atoms with Crippen LogP contribution in [-0.4, -0.2) is 29.9 Å². The average molecular weight is 971 g/mol. The molecule has 6 rings (SSSR count). The molecule has 6 heterocycles. The normalized spacial score (nSPS) is 14.0. The first-order valence-electron chi connectivity index (χ1n) is 14.4. The molecule has 57 heavy (non-hydrogen) atoms. The number of hydrogen-bond acceptors (Lipinski definition) is 6. The third-order valence-corrected chi connectivity index (χ3v) is 6.33. The van der Waals surface area contributed by atoms with Gasteiger partial charge in [-0.2, -0.15) is 0 Å². The molecule has 0 aromatic carbocycles. The van der Waals surface area contributed by atoms with E-state index in [0.29, 0.717) is 5.39 Å². The molecule has 0 atom stereocenters. The molecule has 0 N–H and O–H groups in total. The van der Waals surface area contributed by atoms with Crippen LogP contribution in [-0.2, 0) is 45.5 Å². The van der Waals surface area contributed by atoms with Crippen molar-refractivity contribution in [3.05, 3.63) is 163 Å². The number of rotatable bonds is 6. The van der Waals surface area contributed by atoms with Crippen molar-refractivity contribution in [2.24, 2.45) is 0 Å². The summed E-state index contributed by atoms with van der Waals surface area (Å²) in [6.07, 6.45) is 6.06. The van der Waals surface area contributed by atoms with Crippen molar-refractivity contribution in [2.45, 2.75) is 11.3 Å². The van der Waals surface area contributed by atoms with Crippen LogP contribution >= 0.6 is 15.6 Å². The van der Waals surface area contributed by atoms with Gasteiger partial charge in [0, 0.05) is 30.2 Å². The number of alkyl halides is 2. The van der Waals surface area contributed by atoms with Gasteiger partial charge in [0.15, 0.2) is 5.65 Å². The van der Waals surface area contributed by atoms with Gasteiger partial charge in [-0.3, -0.25) is 19.9 Å². The second-order valence-electron chi connectivity index (χ2n) is 10.6. The van der Waals surface area contributed by atoms with Crippen LogP contribution in [0, 0.1) is 6.93 Å². The summed E-state index contributed by atoms with van der Waals surface area (Å²) in [7, 11) is -21.3. The largest absolute Gasteiger partial charge is 2.00 e. The molecule has 6 aromatic heterocycles. The van der Waals surface area contributed by atoms with Crippen LogP contribution < -0.4 is 0 Å². The third-order valence-electron chi connectivity index (χ3n) is 6.33. The first-order chi connectivity index (χ1) is 24.9. The van der Waals surface area contributed by atoms with Crippen LogP contribution in [0.5, 0.6) is 0 Å². The summed E-state index contributed by atoms with van der Waals surface area (Å²) < 4.78 is 172. The van der Waals surface area contributed by atoms with Crippen molar-refractivity contribution in [3.8, 4) is 0 Å². The van der Waals surface area contributed by atoms with Crippen molar-refractivity contribution in [1.29, 1.82) is 0 Å². The van der Waals surface area contributed by atoms with Crippen LogP contribution in [0.3, 0.4) is 0 Å². The Bertz CT molecular complexity index is 1930. The van der Waals surface area contributed by atoms with Gasteiger partial charge >= 0.3 is 100 Å². The Labute approximate surface area is 332 Å². The SMILES string of the molecule is FC(c1ccccn1)(c1ccccn1)c1ccc2ccc(C(F)(c3ccccn3)c3ccccn3)nc2n1.F[CH-]F.F[P-](F)(F)(F)(F)F.F[P-](F)(F)(F)(F)F.[Cu+2].[Cu+]. The summed E-state index contributed by atoms with van der Waals surface area (Å²) in [5, 5.41) is 0.617. The predicted molar refractivity (Wildman–Crippen MR) is 172 cm³/mol. The molecule has 0 spiro atoms. The summed E-state index contributed by atoms with van der Waals surface area (Å²) in [5.74, 6) is 0. The monoisotopic (exact) mass is 969 g/mol. The van der Waals surface area contributed by atoms with Gasteiger partial charge in [-0.25, -0.2) is 18.7 Å². The first-order valence-corrected chi connectivity index (χ1v) is 18.4. The Morgan fingerprint density at radius 3 is 0.825 bits per heavy atom. The third kappa shape index (κ3) is 17.5. The molecule has 6 nitrogen and oxygen atoms in total. The van der Waals surface area contributed by atoms with E-state index in [-0.39, 0.29) is 73.9 Å². The summed E-state index contributed by atoms with van der Waals surface area (Å²) in [6.45, 7) is -1.00. The molecule has 0 saturated heterocycles. The molecule has 0 aliphatic heterocycles. The van der Waals surface area contributed by atoms with Gasteiger partial charge in [0.25, 0.3) is 0 Å². The Balaban J connectivity index is 0.000000724.